The molecule has 2 fully saturated rings. The van der Waals surface area contributed by atoms with Gasteiger partial charge in [-0.25, -0.2) is 13.4 Å². The van der Waals surface area contributed by atoms with Crippen LogP contribution in [0.5, 0.6) is 0 Å². The number of carbonyl (C=O) groups is 1. The molecule has 8 nitrogen and oxygen atoms in total. The maximum Gasteiger partial charge on any atom is 0.260 e. The lowest BCUT2D eigenvalue weighted by Gasteiger charge is -2.47. The lowest BCUT2D eigenvalue weighted by molar-refractivity contribution is -0.171. The lowest BCUT2D eigenvalue weighted by atomic mass is 9.86. The SMILES string of the molecule is CN(C(=O)C1(C)COC1)C1CN(S(=O)(=O)c2cnc[nH]2)C1. The summed E-state index contributed by atoms with van der Waals surface area (Å²) in [4.78, 5) is 20.3. The number of sulfonamides is 1. The molecule has 21 heavy (non-hydrogen) atoms. The summed E-state index contributed by atoms with van der Waals surface area (Å²) in [5.74, 6) is 0.0114. The van der Waals surface area contributed by atoms with Gasteiger partial charge in [0.25, 0.3) is 10.0 Å². The smallest absolute Gasteiger partial charge is 0.260 e. The van der Waals surface area contributed by atoms with Gasteiger partial charge in [0, 0.05) is 20.1 Å². The number of nitrogens with zero attached hydrogens (tertiary/aromatic N) is 3. The summed E-state index contributed by atoms with van der Waals surface area (Å²) in [5, 5.41) is 0.0780. The number of nitrogens with one attached hydrogen (secondary N) is 1. The highest BCUT2D eigenvalue weighted by molar-refractivity contribution is 7.89. The molecule has 0 saturated carbocycles. The van der Waals surface area contributed by atoms with Gasteiger partial charge in [0.15, 0.2) is 5.03 Å². The van der Waals surface area contributed by atoms with Crippen LogP contribution in [0.2, 0.25) is 0 Å². The highest BCUT2D eigenvalue weighted by Gasteiger charge is 2.47. The number of hydrogen-bond acceptors (Lipinski definition) is 5. The van der Waals surface area contributed by atoms with Crippen LogP contribution in [0.1, 0.15) is 6.92 Å². The largest absolute Gasteiger partial charge is 0.379 e. The number of hydrogen-bond donors (Lipinski definition) is 1. The molecule has 3 heterocycles. The van der Waals surface area contributed by atoms with Gasteiger partial charge in [0.05, 0.1) is 37.2 Å². The number of aromatic amines is 1. The minimum absolute atomic E-state index is 0.0114. The predicted molar refractivity (Wildman–Crippen MR) is 72.8 cm³/mol. The first-order chi connectivity index (χ1) is 9.84. The van der Waals surface area contributed by atoms with Gasteiger partial charge in [-0.05, 0) is 6.92 Å². The summed E-state index contributed by atoms with van der Waals surface area (Å²) < 4.78 is 30.9. The third-order valence-corrected chi connectivity index (χ3v) is 5.90. The summed E-state index contributed by atoms with van der Waals surface area (Å²) >= 11 is 0. The maximum absolute atomic E-state index is 12.3. The van der Waals surface area contributed by atoms with Crippen LogP contribution in [-0.2, 0) is 19.6 Å². The molecule has 0 bridgehead atoms. The molecule has 1 N–H and O–H groups in total. The monoisotopic (exact) mass is 314 g/mol. The number of ether oxygens (including phenoxy) is 1. The Morgan fingerprint density at radius 2 is 2.19 bits per heavy atom. The quantitative estimate of drug-likeness (QED) is 0.791. The molecule has 1 aromatic heterocycles. The molecule has 0 unspecified atom stereocenters. The summed E-state index contributed by atoms with van der Waals surface area (Å²) in [7, 11) is -1.81. The van der Waals surface area contributed by atoms with Gasteiger partial charge in [0.1, 0.15) is 0 Å². The lowest BCUT2D eigenvalue weighted by Crippen LogP contribution is -2.64. The van der Waals surface area contributed by atoms with E-state index >= 15 is 0 Å². The number of carbonyl (C=O) groups excluding carboxylic acids is 1. The zero-order valence-electron chi connectivity index (χ0n) is 11.9. The minimum Gasteiger partial charge on any atom is -0.379 e. The third-order valence-electron chi connectivity index (χ3n) is 4.15. The van der Waals surface area contributed by atoms with Crippen LogP contribution in [0.15, 0.2) is 17.6 Å². The molecule has 1 amide bonds. The standard InChI is InChI=1S/C12H18N4O4S/c1-12(6-20-7-12)11(17)15(2)9-4-16(5-9)21(18,19)10-3-13-8-14-10/h3,8-9H,4-7H2,1-2H3,(H,13,14). The fraction of sp³-hybridized carbons (Fsp3) is 0.667. The molecule has 116 valence electrons. The fourth-order valence-electron chi connectivity index (χ4n) is 2.50. The van der Waals surface area contributed by atoms with Gasteiger partial charge >= 0.3 is 0 Å². The molecule has 0 radical (unpaired) electrons. The molecule has 0 aromatic carbocycles. The van der Waals surface area contributed by atoms with Gasteiger partial charge in [-0.2, -0.15) is 4.31 Å². The van der Waals surface area contributed by atoms with Crippen LogP contribution in [0.4, 0.5) is 0 Å². The summed E-state index contributed by atoms with van der Waals surface area (Å²) in [6, 6.07) is -0.0902. The van der Waals surface area contributed by atoms with Gasteiger partial charge in [0.2, 0.25) is 5.91 Å². The van der Waals surface area contributed by atoms with Crippen LogP contribution >= 0.6 is 0 Å². The average Bonchev–Trinajstić information content (AvgIpc) is 2.87. The van der Waals surface area contributed by atoms with Gasteiger partial charge < -0.3 is 14.6 Å². The van der Waals surface area contributed by atoms with E-state index in [1.54, 1.807) is 11.9 Å². The van der Waals surface area contributed by atoms with Crippen LogP contribution in [-0.4, -0.2) is 72.9 Å². The normalized spacial score (nSPS) is 22.4. The van der Waals surface area contributed by atoms with Crippen LogP contribution in [0, 0.1) is 5.41 Å². The highest BCUT2D eigenvalue weighted by Crippen LogP contribution is 2.31. The second kappa shape index (κ2) is 4.79. The Balaban J connectivity index is 1.62. The highest BCUT2D eigenvalue weighted by atomic mass is 32.2. The van der Waals surface area contributed by atoms with E-state index in [1.807, 2.05) is 6.92 Å². The molecule has 0 atom stereocenters. The first kappa shape index (κ1) is 14.5. The van der Waals surface area contributed by atoms with Crippen molar-refractivity contribution in [3.8, 4) is 0 Å². The van der Waals surface area contributed by atoms with E-state index in [0.717, 1.165) is 0 Å². The molecule has 2 saturated heterocycles. The number of H-pyrrole nitrogens is 1. The van der Waals surface area contributed by atoms with Crippen molar-refractivity contribution in [3.05, 3.63) is 12.5 Å². The first-order valence-corrected chi connectivity index (χ1v) is 8.12. The molecule has 9 heteroatoms. The zero-order chi connectivity index (χ0) is 15.3. The number of likely N-dealkylation sites (N-methyl/N-ethyl adjacent to an activating group) is 1. The molecule has 2 aliphatic rings. The van der Waals surface area contributed by atoms with Crippen molar-refractivity contribution in [2.24, 2.45) is 5.41 Å². The van der Waals surface area contributed by atoms with Crippen LogP contribution in [0.3, 0.4) is 0 Å². The number of aromatic nitrogens is 2. The van der Waals surface area contributed by atoms with E-state index in [0.29, 0.717) is 26.3 Å². The number of amides is 1. The van der Waals surface area contributed by atoms with Gasteiger partial charge in [-0.1, -0.05) is 0 Å². The van der Waals surface area contributed by atoms with Crippen molar-refractivity contribution in [3.63, 3.8) is 0 Å². The van der Waals surface area contributed by atoms with Crippen LogP contribution in [0.25, 0.3) is 0 Å². The van der Waals surface area contributed by atoms with Crippen LogP contribution < -0.4 is 0 Å². The van der Waals surface area contributed by atoms with E-state index in [1.165, 1.54) is 16.8 Å². The van der Waals surface area contributed by atoms with Crippen molar-refractivity contribution in [1.82, 2.24) is 19.2 Å². The Morgan fingerprint density at radius 3 is 2.67 bits per heavy atom. The third kappa shape index (κ3) is 2.25. The van der Waals surface area contributed by atoms with E-state index in [9.17, 15) is 13.2 Å². The van der Waals surface area contributed by atoms with E-state index in [-0.39, 0.29) is 17.0 Å². The first-order valence-electron chi connectivity index (χ1n) is 6.68. The fourth-order valence-corrected chi connectivity index (χ4v) is 3.91. The van der Waals surface area contributed by atoms with Crippen molar-refractivity contribution >= 4 is 15.9 Å². The molecule has 0 aliphatic carbocycles. The van der Waals surface area contributed by atoms with Gasteiger partial charge in [-0.15, -0.1) is 0 Å². The minimum atomic E-state index is -3.53. The molecule has 1 aromatic rings. The Hall–Kier alpha value is -1.45. The number of rotatable bonds is 4. The zero-order valence-corrected chi connectivity index (χ0v) is 12.8. The van der Waals surface area contributed by atoms with E-state index in [4.69, 9.17) is 4.74 Å². The summed E-state index contributed by atoms with van der Waals surface area (Å²) in [6.07, 6.45) is 2.61. The second-order valence-electron chi connectivity index (χ2n) is 5.86. The van der Waals surface area contributed by atoms with Crippen molar-refractivity contribution in [1.29, 1.82) is 0 Å². The predicted octanol–water partition coefficient (Wildman–Crippen LogP) is -0.722. The molecule has 3 rings (SSSR count). The van der Waals surface area contributed by atoms with Crippen molar-refractivity contribution in [2.45, 2.75) is 18.0 Å². The van der Waals surface area contributed by atoms with Crippen molar-refractivity contribution < 1.29 is 17.9 Å². The summed E-state index contributed by atoms with van der Waals surface area (Å²) in [6.45, 7) is 3.34. The van der Waals surface area contributed by atoms with E-state index < -0.39 is 15.4 Å². The summed E-state index contributed by atoms with van der Waals surface area (Å²) in [5.41, 5.74) is -0.461. The number of imidazole rings is 1. The average molecular weight is 314 g/mol. The van der Waals surface area contributed by atoms with Crippen molar-refractivity contribution in [2.75, 3.05) is 33.4 Å². The Labute approximate surface area is 123 Å². The van der Waals surface area contributed by atoms with Gasteiger partial charge in [-0.3, -0.25) is 4.79 Å². The molecular weight excluding hydrogens is 296 g/mol. The Kier molecular flexibility index (Phi) is 3.30. The Morgan fingerprint density at radius 1 is 1.52 bits per heavy atom. The molecule has 0 spiro atoms. The topological polar surface area (TPSA) is 95.6 Å². The molecular formula is C12H18N4O4S. The second-order valence-corrected chi connectivity index (χ2v) is 7.77. The Bertz CT molecular complexity index is 632. The molecule has 2 aliphatic heterocycles. The maximum atomic E-state index is 12.3. The van der Waals surface area contributed by atoms with E-state index in [2.05, 4.69) is 9.97 Å².